The van der Waals surface area contributed by atoms with Gasteiger partial charge in [0.05, 0.1) is 0 Å². The van der Waals surface area contributed by atoms with Crippen molar-refractivity contribution in [3.8, 4) is 0 Å². The van der Waals surface area contributed by atoms with E-state index in [2.05, 4.69) is 10.2 Å². The Morgan fingerprint density at radius 2 is 2.19 bits per heavy atom. The summed E-state index contributed by atoms with van der Waals surface area (Å²) in [7, 11) is 0. The summed E-state index contributed by atoms with van der Waals surface area (Å²) in [4.78, 5) is 11.3. The maximum atomic E-state index is 13.4. The largest absolute Gasteiger partial charge is 0.343 e. The minimum absolute atomic E-state index is 0.256. The highest BCUT2D eigenvalue weighted by Crippen LogP contribution is 2.10. The van der Waals surface area contributed by atoms with Gasteiger partial charge in [0.15, 0.2) is 0 Å². The first-order chi connectivity index (χ1) is 7.72. The van der Waals surface area contributed by atoms with Gasteiger partial charge in [0.25, 0.3) is 0 Å². The van der Waals surface area contributed by atoms with E-state index in [4.69, 9.17) is 0 Å². The van der Waals surface area contributed by atoms with Crippen LogP contribution in [0, 0.1) is 5.82 Å². The third-order valence-corrected chi connectivity index (χ3v) is 2.46. The first kappa shape index (κ1) is 10.6. The highest BCUT2D eigenvalue weighted by atomic mass is 19.1. The average molecular weight is 221 g/mol. The molecule has 4 nitrogen and oxygen atoms in total. The molecular formula is C11H12FN3O. The molecular weight excluding hydrogens is 209 g/mol. The fourth-order valence-electron chi connectivity index (χ4n) is 1.62. The number of hydrogen-bond donors (Lipinski definition) is 1. The molecule has 2 rings (SSSR count). The summed E-state index contributed by atoms with van der Waals surface area (Å²) in [6.07, 6.45) is 0.319. The number of halogens is 1. The number of benzene rings is 1. The number of nitrogens with zero attached hydrogens (tertiary/aromatic N) is 2. The Kier molecular flexibility index (Phi) is 2.85. The van der Waals surface area contributed by atoms with E-state index in [0.29, 0.717) is 24.4 Å². The van der Waals surface area contributed by atoms with Crippen molar-refractivity contribution >= 4 is 0 Å². The van der Waals surface area contributed by atoms with Gasteiger partial charge in [0.1, 0.15) is 11.6 Å². The van der Waals surface area contributed by atoms with Crippen LogP contribution in [-0.4, -0.2) is 14.8 Å². The molecule has 5 heteroatoms. The van der Waals surface area contributed by atoms with Crippen LogP contribution in [0.5, 0.6) is 0 Å². The molecule has 1 N–H and O–H groups in total. The van der Waals surface area contributed by atoms with Crippen LogP contribution in [0.3, 0.4) is 0 Å². The highest BCUT2D eigenvalue weighted by molar-refractivity contribution is 5.20. The van der Waals surface area contributed by atoms with Gasteiger partial charge in [-0.25, -0.2) is 14.3 Å². The van der Waals surface area contributed by atoms with E-state index in [-0.39, 0.29) is 11.5 Å². The van der Waals surface area contributed by atoms with Gasteiger partial charge in [-0.1, -0.05) is 18.2 Å². The van der Waals surface area contributed by atoms with Gasteiger partial charge in [-0.3, -0.25) is 4.57 Å². The van der Waals surface area contributed by atoms with Crippen LogP contribution in [0.15, 0.2) is 29.1 Å². The Bertz CT molecular complexity index is 544. The van der Waals surface area contributed by atoms with Crippen molar-refractivity contribution in [3.05, 3.63) is 52.0 Å². The zero-order chi connectivity index (χ0) is 11.5. The van der Waals surface area contributed by atoms with Crippen molar-refractivity contribution in [2.75, 3.05) is 0 Å². The molecule has 1 aromatic carbocycles. The minimum atomic E-state index is -0.277. The molecule has 84 valence electrons. The van der Waals surface area contributed by atoms with E-state index < -0.39 is 0 Å². The molecule has 16 heavy (non-hydrogen) atoms. The van der Waals surface area contributed by atoms with Crippen LogP contribution in [0.4, 0.5) is 4.39 Å². The molecule has 0 saturated heterocycles. The predicted octanol–water partition coefficient (Wildman–Crippen LogP) is 1.32. The van der Waals surface area contributed by atoms with Gasteiger partial charge in [0.2, 0.25) is 0 Å². The number of H-pyrrole nitrogens is 1. The fraction of sp³-hybridized carbons (Fsp3) is 0.273. The Morgan fingerprint density at radius 1 is 1.44 bits per heavy atom. The maximum absolute atomic E-state index is 13.4. The molecule has 0 saturated carbocycles. The second kappa shape index (κ2) is 4.30. The van der Waals surface area contributed by atoms with Gasteiger partial charge in [-0.05, 0) is 18.6 Å². The summed E-state index contributed by atoms with van der Waals surface area (Å²) >= 11 is 0. The van der Waals surface area contributed by atoms with Gasteiger partial charge >= 0.3 is 5.69 Å². The zero-order valence-corrected chi connectivity index (χ0v) is 8.90. The fourth-order valence-corrected chi connectivity index (χ4v) is 1.62. The number of hydrogen-bond acceptors (Lipinski definition) is 2. The lowest BCUT2D eigenvalue weighted by molar-refractivity contribution is 0.606. The van der Waals surface area contributed by atoms with Crippen LogP contribution in [-0.2, 0) is 13.0 Å². The molecule has 0 aliphatic rings. The lowest BCUT2D eigenvalue weighted by atomic mass is 10.1. The second-order valence-electron chi connectivity index (χ2n) is 3.46. The lowest BCUT2D eigenvalue weighted by Gasteiger charge is -2.03. The summed E-state index contributed by atoms with van der Waals surface area (Å²) < 4.78 is 14.9. The van der Waals surface area contributed by atoms with E-state index in [1.54, 1.807) is 18.2 Å². The molecule has 1 aromatic heterocycles. The second-order valence-corrected chi connectivity index (χ2v) is 3.46. The minimum Gasteiger partial charge on any atom is -0.279 e. The molecule has 0 aliphatic heterocycles. The van der Waals surface area contributed by atoms with Gasteiger partial charge < -0.3 is 0 Å². The number of nitrogens with one attached hydrogen (secondary N) is 1. The molecule has 2 aromatic rings. The van der Waals surface area contributed by atoms with Crippen molar-refractivity contribution < 1.29 is 4.39 Å². The van der Waals surface area contributed by atoms with Gasteiger partial charge in [-0.15, -0.1) is 0 Å². The first-order valence-corrected chi connectivity index (χ1v) is 5.10. The van der Waals surface area contributed by atoms with E-state index in [1.807, 2.05) is 6.92 Å². The topological polar surface area (TPSA) is 50.7 Å². The first-order valence-electron chi connectivity index (χ1n) is 5.10. The SMILES string of the molecule is CCn1c(Cc2ccccc2F)n[nH]c1=O. The van der Waals surface area contributed by atoms with Crippen molar-refractivity contribution in [3.63, 3.8) is 0 Å². The average Bonchev–Trinajstić information content (AvgIpc) is 2.63. The summed E-state index contributed by atoms with van der Waals surface area (Å²) in [6, 6.07) is 6.49. The van der Waals surface area contributed by atoms with Crippen LogP contribution in [0.25, 0.3) is 0 Å². The smallest absolute Gasteiger partial charge is 0.279 e. The van der Waals surface area contributed by atoms with Crippen LogP contribution >= 0.6 is 0 Å². The summed E-state index contributed by atoms with van der Waals surface area (Å²) in [5.41, 5.74) is 0.282. The number of aromatic amines is 1. The van der Waals surface area contributed by atoms with E-state index in [0.717, 1.165) is 0 Å². The van der Waals surface area contributed by atoms with E-state index in [9.17, 15) is 9.18 Å². The molecule has 1 heterocycles. The summed E-state index contributed by atoms with van der Waals surface area (Å²) in [5, 5.41) is 6.24. The molecule has 0 aliphatic carbocycles. The monoisotopic (exact) mass is 221 g/mol. The van der Waals surface area contributed by atoms with Gasteiger partial charge in [-0.2, -0.15) is 5.10 Å². The standard InChI is InChI=1S/C11H12FN3O/c1-2-15-10(13-14-11(15)16)7-8-5-3-4-6-9(8)12/h3-6H,2,7H2,1H3,(H,14,16). The Morgan fingerprint density at radius 3 is 2.88 bits per heavy atom. The molecule has 0 spiro atoms. The normalized spacial score (nSPS) is 10.6. The molecule has 0 atom stereocenters. The quantitative estimate of drug-likeness (QED) is 0.849. The predicted molar refractivity (Wildman–Crippen MR) is 57.7 cm³/mol. The van der Waals surface area contributed by atoms with Crippen molar-refractivity contribution in [2.45, 2.75) is 19.9 Å². The summed E-state index contributed by atoms with van der Waals surface area (Å²) in [5.74, 6) is 0.276. The van der Waals surface area contributed by atoms with Gasteiger partial charge in [0, 0.05) is 13.0 Å². The Balaban J connectivity index is 2.34. The van der Waals surface area contributed by atoms with Crippen molar-refractivity contribution in [1.82, 2.24) is 14.8 Å². The number of rotatable bonds is 3. The lowest BCUT2D eigenvalue weighted by Crippen LogP contribution is -2.17. The van der Waals surface area contributed by atoms with E-state index >= 15 is 0 Å². The maximum Gasteiger partial charge on any atom is 0.343 e. The van der Waals surface area contributed by atoms with Crippen LogP contribution in [0.1, 0.15) is 18.3 Å². The molecule has 0 radical (unpaired) electrons. The third-order valence-electron chi connectivity index (χ3n) is 2.46. The number of aromatic nitrogens is 3. The van der Waals surface area contributed by atoms with Crippen molar-refractivity contribution in [1.29, 1.82) is 0 Å². The van der Waals surface area contributed by atoms with Crippen LogP contribution < -0.4 is 5.69 Å². The molecule has 0 amide bonds. The third kappa shape index (κ3) is 1.88. The van der Waals surface area contributed by atoms with Crippen LogP contribution in [0.2, 0.25) is 0 Å². The molecule has 0 fully saturated rings. The molecule has 0 unspecified atom stereocenters. The highest BCUT2D eigenvalue weighted by Gasteiger charge is 2.09. The summed E-state index contributed by atoms with van der Waals surface area (Å²) in [6.45, 7) is 2.38. The Hall–Kier alpha value is -1.91. The van der Waals surface area contributed by atoms with E-state index in [1.165, 1.54) is 10.6 Å². The zero-order valence-electron chi connectivity index (χ0n) is 8.90. The molecule has 0 bridgehead atoms. The van der Waals surface area contributed by atoms with Crippen molar-refractivity contribution in [2.24, 2.45) is 0 Å². The Labute approximate surface area is 91.7 Å².